The summed E-state index contributed by atoms with van der Waals surface area (Å²) in [7, 11) is 1.50. The number of carbonyl (C=O) groups is 2. The number of hydrogen-bond donors (Lipinski definition) is 1. The van der Waals surface area contributed by atoms with Gasteiger partial charge in [-0.15, -0.1) is 0 Å². The largest absolute Gasteiger partial charge is 0.375 e. The number of pyridine rings is 1. The Morgan fingerprint density at radius 2 is 2.05 bits per heavy atom. The summed E-state index contributed by atoms with van der Waals surface area (Å²) < 4.78 is 4.84. The Kier molecular flexibility index (Phi) is 4.52. The SMILES string of the molecule is COCC(=O)N1CCN(c2ccncc2C(N)=O)CC1. The molecule has 1 aromatic heterocycles. The average molecular weight is 278 g/mol. The van der Waals surface area contributed by atoms with E-state index in [-0.39, 0.29) is 12.5 Å². The molecule has 0 aliphatic carbocycles. The van der Waals surface area contributed by atoms with Gasteiger partial charge < -0.3 is 20.3 Å². The maximum atomic E-state index is 11.7. The third kappa shape index (κ3) is 3.05. The Morgan fingerprint density at radius 3 is 2.65 bits per heavy atom. The molecule has 0 aromatic carbocycles. The van der Waals surface area contributed by atoms with Gasteiger partial charge in [0.1, 0.15) is 6.61 Å². The van der Waals surface area contributed by atoms with E-state index >= 15 is 0 Å². The van der Waals surface area contributed by atoms with Crippen LogP contribution in [0.2, 0.25) is 0 Å². The Morgan fingerprint density at radius 1 is 1.35 bits per heavy atom. The van der Waals surface area contributed by atoms with Crippen molar-refractivity contribution in [3.63, 3.8) is 0 Å². The van der Waals surface area contributed by atoms with Crippen molar-refractivity contribution >= 4 is 17.5 Å². The number of nitrogens with two attached hydrogens (primary N) is 1. The zero-order valence-corrected chi connectivity index (χ0v) is 11.4. The highest BCUT2D eigenvalue weighted by Gasteiger charge is 2.23. The Labute approximate surface area is 117 Å². The van der Waals surface area contributed by atoms with Gasteiger partial charge in [0.15, 0.2) is 0 Å². The van der Waals surface area contributed by atoms with Crippen LogP contribution in [-0.4, -0.2) is 61.6 Å². The standard InChI is InChI=1S/C13H18N4O3/c1-20-9-12(18)17-6-4-16(5-7-17)11-2-3-15-8-10(11)13(14)19/h2-3,8H,4-7,9H2,1H3,(H2,14,19). The van der Waals surface area contributed by atoms with Gasteiger partial charge in [-0.2, -0.15) is 0 Å². The molecule has 0 radical (unpaired) electrons. The molecule has 1 aliphatic heterocycles. The minimum absolute atomic E-state index is 0.0167. The van der Waals surface area contributed by atoms with E-state index < -0.39 is 5.91 Å². The number of rotatable bonds is 4. The molecule has 7 nitrogen and oxygen atoms in total. The number of anilines is 1. The van der Waals surface area contributed by atoms with E-state index in [1.807, 2.05) is 4.90 Å². The first-order chi connectivity index (χ1) is 9.63. The number of amides is 2. The topological polar surface area (TPSA) is 88.8 Å². The number of ether oxygens (including phenoxy) is 1. The maximum Gasteiger partial charge on any atom is 0.252 e. The van der Waals surface area contributed by atoms with Gasteiger partial charge in [0.2, 0.25) is 5.91 Å². The zero-order valence-electron chi connectivity index (χ0n) is 11.4. The molecule has 2 amide bonds. The predicted octanol–water partition coefficient (Wildman–Crippen LogP) is -0.524. The highest BCUT2D eigenvalue weighted by molar-refractivity contribution is 5.98. The van der Waals surface area contributed by atoms with Crippen molar-refractivity contribution in [1.82, 2.24) is 9.88 Å². The number of methoxy groups -OCH3 is 1. The van der Waals surface area contributed by atoms with Crippen LogP contribution in [0.1, 0.15) is 10.4 Å². The number of hydrogen-bond acceptors (Lipinski definition) is 5. The molecule has 7 heteroatoms. The van der Waals surface area contributed by atoms with Crippen LogP contribution < -0.4 is 10.6 Å². The van der Waals surface area contributed by atoms with Crippen LogP contribution in [0.5, 0.6) is 0 Å². The maximum absolute atomic E-state index is 11.7. The molecule has 1 saturated heterocycles. The van der Waals surface area contributed by atoms with Crippen LogP contribution in [0.3, 0.4) is 0 Å². The van der Waals surface area contributed by atoms with Crippen molar-refractivity contribution in [2.24, 2.45) is 5.73 Å². The molecule has 0 saturated carbocycles. The van der Waals surface area contributed by atoms with Gasteiger partial charge in [0.05, 0.1) is 11.3 Å². The van der Waals surface area contributed by atoms with E-state index in [1.165, 1.54) is 13.3 Å². The summed E-state index contributed by atoms with van der Waals surface area (Å²) in [5.74, 6) is -0.511. The van der Waals surface area contributed by atoms with Crippen molar-refractivity contribution in [1.29, 1.82) is 0 Å². The van der Waals surface area contributed by atoms with Gasteiger partial charge in [-0.1, -0.05) is 0 Å². The smallest absolute Gasteiger partial charge is 0.252 e. The second kappa shape index (κ2) is 6.33. The highest BCUT2D eigenvalue weighted by Crippen LogP contribution is 2.20. The van der Waals surface area contributed by atoms with Crippen molar-refractivity contribution in [2.75, 3.05) is 44.8 Å². The number of primary amides is 1. The zero-order chi connectivity index (χ0) is 14.5. The first-order valence-corrected chi connectivity index (χ1v) is 6.39. The number of carbonyl (C=O) groups excluding carboxylic acids is 2. The monoisotopic (exact) mass is 278 g/mol. The van der Waals surface area contributed by atoms with Crippen LogP contribution in [0.15, 0.2) is 18.5 Å². The summed E-state index contributed by atoms with van der Waals surface area (Å²) in [6, 6.07) is 1.77. The molecule has 20 heavy (non-hydrogen) atoms. The molecule has 0 bridgehead atoms. The average Bonchev–Trinajstić information content (AvgIpc) is 2.47. The summed E-state index contributed by atoms with van der Waals surface area (Å²) in [6.07, 6.45) is 3.10. The summed E-state index contributed by atoms with van der Waals surface area (Å²) in [6.45, 7) is 2.60. The van der Waals surface area contributed by atoms with Gasteiger partial charge in [-0.25, -0.2) is 0 Å². The molecule has 1 aromatic rings. The van der Waals surface area contributed by atoms with Crippen molar-refractivity contribution in [3.8, 4) is 0 Å². The predicted molar refractivity (Wildman–Crippen MR) is 73.4 cm³/mol. The molecule has 2 heterocycles. The summed E-state index contributed by atoms with van der Waals surface area (Å²) in [4.78, 5) is 30.8. The number of piperazine rings is 1. The third-order valence-electron chi connectivity index (χ3n) is 3.30. The highest BCUT2D eigenvalue weighted by atomic mass is 16.5. The molecule has 0 spiro atoms. The Bertz CT molecular complexity index is 498. The Hall–Kier alpha value is -2.15. The van der Waals surface area contributed by atoms with Crippen LogP contribution in [0.4, 0.5) is 5.69 Å². The summed E-state index contributed by atoms with van der Waals surface area (Å²) in [5, 5.41) is 0. The van der Waals surface area contributed by atoms with E-state index in [1.54, 1.807) is 17.2 Å². The van der Waals surface area contributed by atoms with Crippen LogP contribution in [0, 0.1) is 0 Å². The molecule has 1 aliphatic rings. The first kappa shape index (κ1) is 14.3. The van der Waals surface area contributed by atoms with E-state index in [4.69, 9.17) is 10.5 Å². The number of aromatic nitrogens is 1. The molecule has 0 atom stereocenters. The lowest BCUT2D eigenvalue weighted by Gasteiger charge is -2.36. The fourth-order valence-corrected chi connectivity index (χ4v) is 2.26. The fourth-order valence-electron chi connectivity index (χ4n) is 2.26. The van der Waals surface area contributed by atoms with Gasteiger partial charge in [0.25, 0.3) is 5.91 Å². The summed E-state index contributed by atoms with van der Waals surface area (Å²) in [5.41, 5.74) is 6.53. The first-order valence-electron chi connectivity index (χ1n) is 6.39. The molecular formula is C13H18N4O3. The Balaban J connectivity index is 2.04. The van der Waals surface area contributed by atoms with Gasteiger partial charge >= 0.3 is 0 Å². The lowest BCUT2D eigenvalue weighted by atomic mass is 10.2. The van der Waals surface area contributed by atoms with E-state index in [0.717, 1.165) is 5.69 Å². The fraction of sp³-hybridized carbons (Fsp3) is 0.462. The van der Waals surface area contributed by atoms with E-state index in [9.17, 15) is 9.59 Å². The van der Waals surface area contributed by atoms with Gasteiger partial charge in [0, 0.05) is 45.7 Å². The number of nitrogens with zero attached hydrogens (tertiary/aromatic N) is 3. The lowest BCUT2D eigenvalue weighted by Crippen LogP contribution is -2.50. The lowest BCUT2D eigenvalue weighted by molar-refractivity contribution is -0.135. The second-order valence-electron chi connectivity index (χ2n) is 4.56. The van der Waals surface area contributed by atoms with Gasteiger partial charge in [-0.05, 0) is 6.07 Å². The minimum Gasteiger partial charge on any atom is -0.375 e. The van der Waals surface area contributed by atoms with Crippen LogP contribution in [0.25, 0.3) is 0 Å². The quantitative estimate of drug-likeness (QED) is 0.800. The molecular weight excluding hydrogens is 260 g/mol. The van der Waals surface area contributed by atoms with Crippen molar-refractivity contribution in [3.05, 3.63) is 24.0 Å². The minimum atomic E-state index is -0.494. The third-order valence-corrected chi connectivity index (χ3v) is 3.30. The van der Waals surface area contributed by atoms with E-state index in [2.05, 4.69) is 4.98 Å². The molecule has 2 rings (SSSR count). The van der Waals surface area contributed by atoms with Crippen LogP contribution in [-0.2, 0) is 9.53 Å². The summed E-state index contributed by atoms with van der Waals surface area (Å²) >= 11 is 0. The molecule has 0 unspecified atom stereocenters. The van der Waals surface area contributed by atoms with Crippen molar-refractivity contribution < 1.29 is 14.3 Å². The normalized spacial score (nSPS) is 15.2. The molecule has 1 fully saturated rings. The molecule has 108 valence electrons. The van der Waals surface area contributed by atoms with Crippen LogP contribution >= 0.6 is 0 Å². The van der Waals surface area contributed by atoms with Crippen molar-refractivity contribution in [2.45, 2.75) is 0 Å². The second-order valence-corrected chi connectivity index (χ2v) is 4.56. The van der Waals surface area contributed by atoms with Gasteiger partial charge in [-0.3, -0.25) is 14.6 Å². The molecule has 2 N–H and O–H groups in total. The van der Waals surface area contributed by atoms with E-state index in [0.29, 0.717) is 31.7 Å².